The number of amides is 1. The van der Waals surface area contributed by atoms with E-state index in [1.54, 1.807) is 24.3 Å². The topological polar surface area (TPSA) is 108 Å². The maximum Gasteiger partial charge on any atom is 0.269 e. The molecule has 0 aromatic heterocycles. The van der Waals surface area contributed by atoms with Crippen LogP contribution < -0.4 is 10.6 Å². The number of nitriles is 1. The first-order valence-electron chi connectivity index (χ1n) is 6.36. The molecule has 0 saturated carbocycles. The van der Waals surface area contributed by atoms with E-state index in [0.29, 0.717) is 11.3 Å². The van der Waals surface area contributed by atoms with Crippen LogP contribution in [0.3, 0.4) is 0 Å². The van der Waals surface area contributed by atoms with E-state index in [4.69, 9.17) is 17.5 Å². The Hall–Kier alpha value is -3.31. The van der Waals surface area contributed by atoms with Gasteiger partial charge in [-0.3, -0.25) is 20.2 Å². The number of nitrogens with zero attached hydrogens (tertiary/aromatic N) is 2. The standard InChI is InChI=1S/C15H10N4O3S/c16-9-10-1-5-12(6-2-10)17-15(23)18-14(20)11-3-7-13(8-4-11)19(21)22/h1-8H,(H2,17,18,20,23). The summed E-state index contributed by atoms with van der Waals surface area (Å²) in [7, 11) is 0. The molecule has 2 N–H and O–H groups in total. The van der Waals surface area contributed by atoms with Gasteiger partial charge in [-0.15, -0.1) is 0 Å². The fourth-order valence-electron chi connectivity index (χ4n) is 1.70. The van der Waals surface area contributed by atoms with Gasteiger partial charge in [0.05, 0.1) is 16.6 Å². The van der Waals surface area contributed by atoms with Crippen LogP contribution in [0.5, 0.6) is 0 Å². The van der Waals surface area contributed by atoms with Gasteiger partial charge in [0.1, 0.15) is 0 Å². The predicted octanol–water partition coefficient (Wildman–Crippen LogP) is 2.59. The van der Waals surface area contributed by atoms with Crippen molar-refractivity contribution >= 4 is 34.6 Å². The smallest absolute Gasteiger partial charge is 0.269 e. The quantitative estimate of drug-likeness (QED) is 0.510. The summed E-state index contributed by atoms with van der Waals surface area (Å²) in [5, 5.41) is 24.6. The average Bonchev–Trinajstić information content (AvgIpc) is 2.55. The summed E-state index contributed by atoms with van der Waals surface area (Å²) in [4.78, 5) is 22.0. The number of thiocarbonyl (C=S) groups is 1. The maximum atomic E-state index is 12.0. The predicted molar refractivity (Wildman–Crippen MR) is 87.9 cm³/mol. The summed E-state index contributed by atoms with van der Waals surface area (Å²) in [5.74, 6) is -0.481. The van der Waals surface area contributed by atoms with Crippen molar-refractivity contribution in [2.75, 3.05) is 5.32 Å². The Labute approximate surface area is 136 Å². The van der Waals surface area contributed by atoms with Crippen LogP contribution in [0.1, 0.15) is 15.9 Å². The average molecular weight is 326 g/mol. The van der Waals surface area contributed by atoms with Crippen molar-refractivity contribution in [1.82, 2.24) is 5.32 Å². The summed E-state index contributed by atoms with van der Waals surface area (Å²) >= 11 is 5.02. The highest BCUT2D eigenvalue weighted by molar-refractivity contribution is 7.80. The summed E-state index contributed by atoms with van der Waals surface area (Å²) in [6.07, 6.45) is 0. The first kappa shape index (κ1) is 16.1. The Bertz CT molecular complexity index is 795. The van der Waals surface area contributed by atoms with Gasteiger partial charge < -0.3 is 5.32 Å². The molecule has 0 spiro atoms. The molecule has 2 aromatic carbocycles. The second kappa shape index (κ2) is 7.11. The highest BCUT2D eigenvalue weighted by Gasteiger charge is 2.10. The fourth-order valence-corrected chi connectivity index (χ4v) is 1.91. The minimum Gasteiger partial charge on any atom is -0.332 e. The molecule has 0 aliphatic carbocycles. The summed E-state index contributed by atoms with van der Waals surface area (Å²) in [5.41, 5.74) is 1.29. The number of nitro benzene ring substituents is 1. The molecule has 0 aliphatic heterocycles. The van der Waals surface area contributed by atoms with Gasteiger partial charge in [0, 0.05) is 23.4 Å². The van der Waals surface area contributed by atoms with Crippen molar-refractivity contribution in [1.29, 1.82) is 5.26 Å². The molecule has 114 valence electrons. The summed E-state index contributed by atoms with van der Waals surface area (Å²) in [6.45, 7) is 0. The van der Waals surface area contributed by atoms with Crippen LogP contribution >= 0.6 is 12.2 Å². The third-order valence-corrected chi connectivity index (χ3v) is 3.04. The van der Waals surface area contributed by atoms with E-state index >= 15 is 0 Å². The molecule has 23 heavy (non-hydrogen) atoms. The van der Waals surface area contributed by atoms with Crippen LogP contribution in [0.15, 0.2) is 48.5 Å². The molecule has 0 saturated heterocycles. The zero-order valence-electron chi connectivity index (χ0n) is 11.6. The molecule has 0 radical (unpaired) electrons. The lowest BCUT2D eigenvalue weighted by molar-refractivity contribution is -0.384. The second-order valence-corrected chi connectivity index (χ2v) is 4.81. The molecule has 0 aliphatic rings. The number of benzene rings is 2. The minimum atomic E-state index is -0.543. The van der Waals surface area contributed by atoms with Crippen LogP contribution in [0, 0.1) is 21.4 Å². The molecule has 7 nitrogen and oxygen atoms in total. The number of non-ortho nitro benzene ring substituents is 1. The lowest BCUT2D eigenvalue weighted by atomic mass is 10.2. The lowest BCUT2D eigenvalue weighted by Gasteiger charge is -2.09. The summed E-state index contributed by atoms with van der Waals surface area (Å²) < 4.78 is 0. The molecule has 0 atom stereocenters. The highest BCUT2D eigenvalue weighted by atomic mass is 32.1. The van der Waals surface area contributed by atoms with Gasteiger partial charge in [0.2, 0.25) is 0 Å². The zero-order chi connectivity index (χ0) is 16.8. The molecule has 2 aromatic rings. The van der Waals surface area contributed by atoms with Crippen molar-refractivity contribution in [3.05, 3.63) is 69.8 Å². The molecule has 2 rings (SSSR count). The number of carbonyl (C=O) groups excluding carboxylic acids is 1. The molecule has 0 unspecified atom stereocenters. The van der Waals surface area contributed by atoms with Crippen molar-refractivity contribution < 1.29 is 9.72 Å². The molecule has 0 heterocycles. The van der Waals surface area contributed by atoms with Gasteiger partial charge in [-0.05, 0) is 48.6 Å². The van der Waals surface area contributed by atoms with Gasteiger partial charge in [-0.1, -0.05) is 0 Å². The first-order valence-corrected chi connectivity index (χ1v) is 6.77. The number of nitrogens with one attached hydrogen (secondary N) is 2. The lowest BCUT2D eigenvalue weighted by Crippen LogP contribution is -2.34. The molecule has 0 bridgehead atoms. The minimum absolute atomic E-state index is 0.0815. The van der Waals surface area contributed by atoms with Gasteiger partial charge in [-0.25, -0.2) is 0 Å². The summed E-state index contributed by atoms with van der Waals surface area (Å²) in [6, 6.07) is 13.7. The van der Waals surface area contributed by atoms with E-state index in [2.05, 4.69) is 10.6 Å². The fraction of sp³-hybridized carbons (Fsp3) is 0. The van der Waals surface area contributed by atoms with Gasteiger partial charge in [-0.2, -0.15) is 5.26 Å². The van der Waals surface area contributed by atoms with Crippen molar-refractivity contribution in [2.24, 2.45) is 0 Å². The largest absolute Gasteiger partial charge is 0.332 e. The van der Waals surface area contributed by atoms with Crippen LogP contribution in [-0.4, -0.2) is 15.9 Å². The van der Waals surface area contributed by atoms with Gasteiger partial charge >= 0.3 is 0 Å². The zero-order valence-corrected chi connectivity index (χ0v) is 12.5. The Morgan fingerprint density at radius 3 is 2.26 bits per heavy atom. The van der Waals surface area contributed by atoms with Crippen LogP contribution in [0.4, 0.5) is 11.4 Å². The van der Waals surface area contributed by atoms with E-state index in [0.717, 1.165) is 0 Å². The normalized spacial score (nSPS) is 9.52. The van der Waals surface area contributed by atoms with Crippen molar-refractivity contribution in [3.63, 3.8) is 0 Å². The number of rotatable bonds is 3. The third-order valence-electron chi connectivity index (χ3n) is 2.84. The first-order chi connectivity index (χ1) is 11.0. The van der Waals surface area contributed by atoms with E-state index < -0.39 is 10.8 Å². The Balaban J connectivity index is 1.97. The van der Waals surface area contributed by atoms with E-state index in [1.165, 1.54) is 24.3 Å². The Morgan fingerprint density at radius 2 is 1.74 bits per heavy atom. The van der Waals surface area contributed by atoms with E-state index in [-0.39, 0.29) is 16.4 Å². The second-order valence-electron chi connectivity index (χ2n) is 4.40. The van der Waals surface area contributed by atoms with Crippen LogP contribution in [0.2, 0.25) is 0 Å². The number of carbonyl (C=O) groups is 1. The monoisotopic (exact) mass is 326 g/mol. The maximum absolute atomic E-state index is 12.0. The Kier molecular flexibility index (Phi) is 4.96. The van der Waals surface area contributed by atoms with E-state index in [1.807, 2.05) is 6.07 Å². The Morgan fingerprint density at radius 1 is 1.13 bits per heavy atom. The van der Waals surface area contributed by atoms with Gasteiger partial charge in [0.15, 0.2) is 5.11 Å². The molecule has 8 heteroatoms. The number of hydrogen-bond donors (Lipinski definition) is 2. The molecule has 1 amide bonds. The molecule has 0 fully saturated rings. The highest BCUT2D eigenvalue weighted by Crippen LogP contribution is 2.12. The molecular weight excluding hydrogens is 316 g/mol. The number of hydrogen-bond acceptors (Lipinski definition) is 5. The number of anilines is 1. The molecular formula is C15H10N4O3S. The van der Waals surface area contributed by atoms with Crippen LogP contribution in [0.25, 0.3) is 0 Å². The third kappa shape index (κ3) is 4.33. The SMILES string of the molecule is N#Cc1ccc(NC(=S)NC(=O)c2ccc([N+](=O)[O-])cc2)cc1. The van der Waals surface area contributed by atoms with Crippen molar-refractivity contribution in [3.8, 4) is 6.07 Å². The van der Waals surface area contributed by atoms with Gasteiger partial charge in [0.25, 0.3) is 11.6 Å². The van der Waals surface area contributed by atoms with Crippen LogP contribution in [-0.2, 0) is 0 Å². The number of nitro groups is 1. The van der Waals surface area contributed by atoms with E-state index in [9.17, 15) is 14.9 Å². The van der Waals surface area contributed by atoms with Crippen molar-refractivity contribution in [2.45, 2.75) is 0 Å².